The lowest BCUT2D eigenvalue weighted by molar-refractivity contribution is -0.138. The third-order valence-electron chi connectivity index (χ3n) is 5.57. The van der Waals surface area contributed by atoms with Crippen LogP contribution < -0.4 is 0 Å². The molecule has 0 radical (unpaired) electrons. The summed E-state index contributed by atoms with van der Waals surface area (Å²) in [6.45, 7) is 3.78. The number of rotatable bonds is 2. The Bertz CT molecular complexity index is 779. The van der Waals surface area contributed by atoms with Gasteiger partial charge in [-0.2, -0.15) is 0 Å². The Morgan fingerprint density at radius 1 is 1.23 bits per heavy atom. The molecule has 2 aliphatic heterocycles. The summed E-state index contributed by atoms with van der Waals surface area (Å²) in [5.41, 5.74) is 0.792. The molecule has 2 aliphatic rings. The molecule has 1 N–H and O–H groups in total. The zero-order valence-electron chi connectivity index (χ0n) is 15.0. The van der Waals surface area contributed by atoms with Gasteiger partial charge >= 0.3 is 0 Å². The number of likely N-dealkylation sites (tertiary alicyclic amines) is 1. The van der Waals surface area contributed by atoms with Crippen LogP contribution in [-0.2, 0) is 16.9 Å². The largest absolute Gasteiger partial charge is 0.383 e. The fourth-order valence-electron chi connectivity index (χ4n) is 3.91. The summed E-state index contributed by atoms with van der Waals surface area (Å²) >= 11 is 0. The van der Waals surface area contributed by atoms with Crippen LogP contribution in [0, 0.1) is 6.92 Å². The van der Waals surface area contributed by atoms with Crippen molar-refractivity contribution in [1.82, 2.24) is 30.1 Å². The number of carbonyl (C=O) groups excluding carboxylic acids is 1. The fourth-order valence-corrected chi connectivity index (χ4v) is 3.91. The number of tetrazole rings is 1. The van der Waals surface area contributed by atoms with Crippen LogP contribution in [0.5, 0.6) is 0 Å². The molecule has 0 unspecified atom stereocenters. The van der Waals surface area contributed by atoms with E-state index < -0.39 is 5.60 Å². The molecule has 0 aromatic carbocycles. The van der Waals surface area contributed by atoms with Gasteiger partial charge in [-0.05, 0) is 54.7 Å². The van der Waals surface area contributed by atoms with Crippen molar-refractivity contribution in [3.05, 3.63) is 35.4 Å². The van der Waals surface area contributed by atoms with Crippen LogP contribution in [-0.4, -0.2) is 54.2 Å². The minimum absolute atomic E-state index is 0.0712. The highest BCUT2D eigenvalue weighted by Crippen LogP contribution is 2.34. The number of hydrogen-bond donors (Lipinski definition) is 1. The third kappa shape index (κ3) is 3.09. The Balaban J connectivity index is 1.46. The first-order valence-electron chi connectivity index (χ1n) is 9.27. The molecule has 2 aromatic rings. The number of piperidine rings is 1. The van der Waals surface area contributed by atoms with Gasteiger partial charge in [-0.25, -0.2) is 4.68 Å². The second-order valence-corrected chi connectivity index (χ2v) is 7.39. The fraction of sp³-hybridized carbons (Fsp3) is 0.611. The second-order valence-electron chi connectivity index (χ2n) is 7.39. The Morgan fingerprint density at radius 2 is 2.04 bits per heavy atom. The predicted molar refractivity (Wildman–Crippen MR) is 93.1 cm³/mol. The first kappa shape index (κ1) is 17.1. The first-order chi connectivity index (χ1) is 12.6. The highest BCUT2D eigenvalue weighted by Gasteiger charge is 2.39. The van der Waals surface area contributed by atoms with E-state index in [0.717, 1.165) is 31.4 Å². The van der Waals surface area contributed by atoms with E-state index in [1.54, 1.807) is 10.9 Å². The van der Waals surface area contributed by atoms with Crippen molar-refractivity contribution < 1.29 is 9.90 Å². The molecule has 1 fully saturated rings. The Kier molecular flexibility index (Phi) is 4.44. The summed E-state index contributed by atoms with van der Waals surface area (Å²) in [5.74, 6) is 0.464. The number of aliphatic hydroxyl groups is 1. The minimum atomic E-state index is -0.963. The van der Waals surface area contributed by atoms with Crippen molar-refractivity contribution in [1.29, 1.82) is 0 Å². The highest BCUT2D eigenvalue weighted by molar-refractivity contribution is 5.83. The molecule has 2 aromatic heterocycles. The van der Waals surface area contributed by atoms with E-state index in [2.05, 4.69) is 20.5 Å². The maximum absolute atomic E-state index is 13.1. The van der Waals surface area contributed by atoms with E-state index >= 15 is 0 Å². The number of hydrogen-bond acceptors (Lipinski definition) is 6. The van der Waals surface area contributed by atoms with Gasteiger partial charge in [0.15, 0.2) is 5.82 Å². The van der Waals surface area contributed by atoms with Crippen molar-refractivity contribution in [3.63, 3.8) is 0 Å². The van der Waals surface area contributed by atoms with Crippen LogP contribution in [0.25, 0.3) is 0 Å². The molecular formula is C18H24N6O2. The lowest BCUT2D eigenvalue weighted by atomic mass is 9.87. The highest BCUT2D eigenvalue weighted by atomic mass is 16.3. The SMILES string of the molecule is Cc1ccc(C2(O)CCN(C(=O)[C@H]3CCCCn4nnnc43)CC2)nc1. The summed E-state index contributed by atoms with van der Waals surface area (Å²) in [6, 6.07) is 3.84. The molecule has 1 amide bonds. The third-order valence-corrected chi connectivity index (χ3v) is 5.57. The van der Waals surface area contributed by atoms with Crippen molar-refractivity contribution in [2.75, 3.05) is 13.1 Å². The van der Waals surface area contributed by atoms with E-state index in [4.69, 9.17) is 0 Å². The standard InChI is InChI=1S/C18H24N6O2/c1-13-5-6-15(19-12-13)18(26)7-10-23(11-8-18)17(25)14-4-2-3-9-24-16(14)20-21-22-24/h5-6,12,14,26H,2-4,7-11H2,1H3/t14-/m0/s1. The van der Waals surface area contributed by atoms with Gasteiger partial charge in [0.25, 0.3) is 0 Å². The first-order valence-corrected chi connectivity index (χ1v) is 9.27. The summed E-state index contributed by atoms with van der Waals surface area (Å²) in [4.78, 5) is 19.3. The van der Waals surface area contributed by atoms with Crippen LogP contribution in [0.1, 0.15) is 55.1 Å². The Labute approximate surface area is 152 Å². The van der Waals surface area contributed by atoms with Gasteiger partial charge in [0.1, 0.15) is 5.60 Å². The number of aromatic nitrogens is 5. The Morgan fingerprint density at radius 3 is 2.77 bits per heavy atom. The number of pyridine rings is 1. The maximum atomic E-state index is 13.1. The van der Waals surface area contributed by atoms with Crippen molar-refractivity contribution in [2.24, 2.45) is 0 Å². The zero-order chi connectivity index (χ0) is 18.1. The molecule has 26 heavy (non-hydrogen) atoms. The van der Waals surface area contributed by atoms with Crippen molar-refractivity contribution >= 4 is 5.91 Å². The molecule has 0 aliphatic carbocycles. The summed E-state index contributed by atoms with van der Waals surface area (Å²) in [7, 11) is 0. The molecule has 138 valence electrons. The maximum Gasteiger partial charge on any atom is 0.233 e. The Hall–Kier alpha value is -2.35. The molecule has 0 saturated carbocycles. The number of fused-ring (bicyclic) bond motifs is 1. The minimum Gasteiger partial charge on any atom is -0.383 e. The normalized spacial score (nSPS) is 22.5. The smallest absolute Gasteiger partial charge is 0.233 e. The lowest BCUT2D eigenvalue weighted by Gasteiger charge is -2.38. The summed E-state index contributed by atoms with van der Waals surface area (Å²) in [6.07, 6.45) is 5.50. The van der Waals surface area contributed by atoms with Gasteiger partial charge in [0.2, 0.25) is 5.91 Å². The molecule has 8 heteroatoms. The summed E-state index contributed by atoms with van der Waals surface area (Å²) in [5, 5.41) is 22.8. The number of nitrogens with zero attached hydrogens (tertiary/aromatic N) is 6. The number of aryl methyl sites for hydroxylation is 2. The van der Waals surface area contributed by atoms with E-state index in [1.165, 1.54) is 0 Å². The van der Waals surface area contributed by atoms with Crippen LogP contribution >= 0.6 is 0 Å². The molecule has 4 rings (SSSR count). The van der Waals surface area contributed by atoms with Gasteiger partial charge in [-0.15, -0.1) is 5.10 Å². The molecule has 4 heterocycles. The summed E-state index contributed by atoms with van der Waals surface area (Å²) < 4.78 is 1.76. The molecule has 1 atom stereocenters. The topological polar surface area (TPSA) is 97.0 Å². The molecule has 0 spiro atoms. The monoisotopic (exact) mass is 356 g/mol. The molecule has 0 bridgehead atoms. The van der Waals surface area contributed by atoms with Gasteiger partial charge in [0.05, 0.1) is 11.6 Å². The quantitative estimate of drug-likeness (QED) is 0.867. The van der Waals surface area contributed by atoms with Crippen LogP contribution in [0.3, 0.4) is 0 Å². The van der Waals surface area contributed by atoms with Crippen molar-refractivity contribution in [2.45, 2.75) is 57.1 Å². The van der Waals surface area contributed by atoms with Crippen LogP contribution in [0.4, 0.5) is 0 Å². The number of carbonyl (C=O) groups is 1. The van der Waals surface area contributed by atoms with E-state index in [-0.39, 0.29) is 11.8 Å². The van der Waals surface area contributed by atoms with Crippen LogP contribution in [0.15, 0.2) is 18.3 Å². The van der Waals surface area contributed by atoms with E-state index in [1.807, 2.05) is 24.0 Å². The molecule has 8 nitrogen and oxygen atoms in total. The van der Waals surface area contributed by atoms with Gasteiger partial charge < -0.3 is 10.0 Å². The molecular weight excluding hydrogens is 332 g/mol. The van der Waals surface area contributed by atoms with E-state index in [0.29, 0.717) is 37.4 Å². The van der Waals surface area contributed by atoms with Crippen LogP contribution in [0.2, 0.25) is 0 Å². The van der Waals surface area contributed by atoms with E-state index in [9.17, 15) is 9.90 Å². The zero-order valence-corrected chi connectivity index (χ0v) is 15.0. The predicted octanol–water partition coefficient (Wildman–Crippen LogP) is 1.15. The molecule has 1 saturated heterocycles. The van der Waals surface area contributed by atoms with Gasteiger partial charge in [-0.1, -0.05) is 12.5 Å². The van der Waals surface area contributed by atoms with Gasteiger partial charge in [0, 0.05) is 25.8 Å². The average molecular weight is 356 g/mol. The second kappa shape index (κ2) is 6.75. The number of amides is 1. The van der Waals surface area contributed by atoms with Crippen molar-refractivity contribution in [3.8, 4) is 0 Å². The average Bonchev–Trinajstić information content (AvgIpc) is 3.02. The lowest BCUT2D eigenvalue weighted by Crippen LogP contribution is -2.47. The van der Waals surface area contributed by atoms with Gasteiger partial charge in [-0.3, -0.25) is 9.78 Å².